The van der Waals surface area contributed by atoms with E-state index in [2.05, 4.69) is 11.9 Å². The average molecular weight is 226 g/mol. The van der Waals surface area contributed by atoms with Gasteiger partial charge in [0, 0.05) is 19.2 Å². The molecule has 1 heterocycles. The highest BCUT2D eigenvalue weighted by Crippen LogP contribution is 2.29. The van der Waals surface area contributed by atoms with Gasteiger partial charge >= 0.3 is 0 Å². The molecule has 2 fully saturated rings. The van der Waals surface area contributed by atoms with E-state index in [1.165, 1.54) is 38.5 Å². The Morgan fingerprint density at radius 2 is 2.06 bits per heavy atom. The first-order valence-corrected chi connectivity index (χ1v) is 6.83. The Morgan fingerprint density at radius 3 is 2.75 bits per heavy atom. The minimum atomic E-state index is 0.470. The summed E-state index contributed by atoms with van der Waals surface area (Å²) in [6.45, 7) is 2.91. The molecular formula is C13H26N2O. The fraction of sp³-hybridized carbons (Fsp3) is 1.00. The molecule has 94 valence electrons. The molecule has 0 aromatic heterocycles. The maximum Gasteiger partial charge on any atom is 0.0702 e. The van der Waals surface area contributed by atoms with Crippen LogP contribution in [0.25, 0.3) is 0 Å². The van der Waals surface area contributed by atoms with Gasteiger partial charge in [0.2, 0.25) is 0 Å². The van der Waals surface area contributed by atoms with Crippen LogP contribution in [0.3, 0.4) is 0 Å². The molecule has 2 N–H and O–H groups in total. The Kier molecular flexibility index (Phi) is 4.62. The predicted molar refractivity (Wildman–Crippen MR) is 66.4 cm³/mol. The average Bonchev–Trinajstić information content (AvgIpc) is 2.78. The highest BCUT2D eigenvalue weighted by molar-refractivity contribution is 4.85. The van der Waals surface area contributed by atoms with Crippen molar-refractivity contribution in [2.24, 2.45) is 11.7 Å². The minimum absolute atomic E-state index is 0.470. The molecule has 1 saturated heterocycles. The lowest BCUT2D eigenvalue weighted by Crippen LogP contribution is -2.43. The van der Waals surface area contributed by atoms with E-state index in [-0.39, 0.29) is 0 Å². The Balaban J connectivity index is 1.79. The van der Waals surface area contributed by atoms with Crippen LogP contribution in [0, 0.1) is 5.92 Å². The van der Waals surface area contributed by atoms with Crippen molar-refractivity contribution < 1.29 is 4.74 Å². The number of hydrogen-bond acceptors (Lipinski definition) is 3. The first-order valence-electron chi connectivity index (χ1n) is 6.83. The largest absolute Gasteiger partial charge is 0.377 e. The van der Waals surface area contributed by atoms with Crippen molar-refractivity contribution in [3.63, 3.8) is 0 Å². The van der Waals surface area contributed by atoms with Crippen LogP contribution < -0.4 is 5.73 Å². The van der Waals surface area contributed by atoms with Gasteiger partial charge in [-0.15, -0.1) is 0 Å². The maximum absolute atomic E-state index is 5.84. The summed E-state index contributed by atoms with van der Waals surface area (Å²) < 4.78 is 5.80. The van der Waals surface area contributed by atoms with Crippen LogP contribution in [0.4, 0.5) is 0 Å². The van der Waals surface area contributed by atoms with Crippen LogP contribution >= 0.6 is 0 Å². The molecule has 1 aliphatic heterocycles. The van der Waals surface area contributed by atoms with E-state index in [9.17, 15) is 0 Å². The number of hydrogen-bond donors (Lipinski definition) is 1. The molecule has 3 nitrogen and oxygen atoms in total. The monoisotopic (exact) mass is 226 g/mol. The third-order valence-electron chi connectivity index (χ3n) is 4.25. The molecule has 3 atom stereocenters. The van der Waals surface area contributed by atoms with E-state index in [1.807, 2.05) is 0 Å². The first kappa shape index (κ1) is 12.3. The highest BCUT2D eigenvalue weighted by atomic mass is 16.5. The molecule has 1 aliphatic carbocycles. The highest BCUT2D eigenvalue weighted by Gasteiger charge is 2.30. The van der Waals surface area contributed by atoms with E-state index < -0.39 is 0 Å². The Morgan fingerprint density at radius 1 is 1.19 bits per heavy atom. The third kappa shape index (κ3) is 2.96. The number of rotatable bonds is 4. The summed E-state index contributed by atoms with van der Waals surface area (Å²) in [5.74, 6) is 0.716. The van der Waals surface area contributed by atoms with E-state index in [0.29, 0.717) is 18.1 Å². The summed E-state index contributed by atoms with van der Waals surface area (Å²) in [5.41, 5.74) is 5.84. The number of nitrogens with zero attached hydrogens (tertiary/aromatic N) is 1. The summed E-state index contributed by atoms with van der Waals surface area (Å²) in [4.78, 5) is 2.50. The Hall–Kier alpha value is -0.120. The molecule has 16 heavy (non-hydrogen) atoms. The molecule has 3 heteroatoms. The number of likely N-dealkylation sites (N-methyl/N-ethyl adjacent to an activating group) is 1. The number of ether oxygens (including phenoxy) is 1. The van der Waals surface area contributed by atoms with E-state index in [0.717, 1.165) is 19.7 Å². The molecule has 0 amide bonds. The summed E-state index contributed by atoms with van der Waals surface area (Å²) in [6, 6.07) is 0.704. The molecule has 2 aliphatic rings. The zero-order valence-corrected chi connectivity index (χ0v) is 10.5. The molecule has 0 aromatic carbocycles. The first-order chi connectivity index (χ1) is 7.81. The van der Waals surface area contributed by atoms with Crippen LogP contribution in [0.15, 0.2) is 0 Å². The van der Waals surface area contributed by atoms with Crippen LogP contribution in [0.2, 0.25) is 0 Å². The summed E-state index contributed by atoms with van der Waals surface area (Å²) in [5, 5.41) is 0. The lowest BCUT2D eigenvalue weighted by Gasteiger charge is -2.33. The van der Waals surface area contributed by atoms with E-state index in [1.54, 1.807) is 0 Å². The van der Waals surface area contributed by atoms with Gasteiger partial charge in [-0.1, -0.05) is 6.42 Å². The van der Waals surface area contributed by atoms with Crippen molar-refractivity contribution in [2.75, 3.05) is 26.7 Å². The normalized spacial score (nSPS) is 35.8. The molecule has 0 spiro atoms. The SMILES string of the molecule is CN(CC1CCCCO1)C1CCCC1CN. The van der Waals surface area contributed by atoms with Gasteiger partial charge in [-0.2, -0.15) is 0 Å². The van der Waals surface area contributed by atoms with Crippen molar-refractivity contribution in [3.8, 4) is 0 Å². The Labute approximate surface area is 99.3 Å². The van der Waals surface area contributed by atoms with E-state index >= 15 is 0 Å². The van der Waals surface area contributed by atoms with Gasteiger partial charge in [0.1, 0.15) is 0 Å². The minimum Gasteiger partial charge on any atom is -0.377 e. The number of nitrogens with two attached hydrogens (primary N) is 1. The van der Waals surface area contributed by atoms with Gasteiger partial charge in [0.05, 0.1) is 6.10 Å². The second-order valence-corrected chi connectivity index (χ2v) is 5.42. The van der Waals surface area contributed by atoms with E-state index in [4.69, 9.17) is 10.5 Å². The standard InChI is InChI=1S/C13H26N2O/c1-15(10-12-6-2-3-8-16-12)13-7-4-5-11(13)9-14/h11-13H,2-10,14H2,1H3. The van der Waals surface area contributed by atoms with Gasteiger partial charge in [-0.05, 0) is 51.6 Å². The topological polar surface area (TPSA) is 38.5 Å². The van der Waals surface area contributed by atoms with Crippen LogP contribution in [0.5, 0.6) is 0 Å². The second-order valence-electron chi connectivity index (χ2n) is 5.42. The fourth-order valence-corrected chi connectivity index (χ4v) is 3.28. The molecule has 1 saturated carbocycles. The van der Waals surface area contributed by atoms with Crippen LogP contribution in [-0.2, 0) is 4.74 Å². The van der Waals surface area contributed by atoms with Crippen molar-refractivity contribution in [3.05, 3.63) is 0 Å². The zero-order valence-electron chi connectivity index (χ0n) is 10.5. The summed E-state index contributed by atoms with van der Waals surface area (Å²) >= 11 is 0. The lowest BCUT2D eigenvalue weighted by molar-refractivity contribution is -0.0107. The van der Waals surface area contributed by atoms with Gasteiger partial charge < -0.3 is 15.4 Å². The molecule has 2 rings (SSSR count). The molecule has 0 radical (unpaired) electrons. The van der Waals surface area contributed by atoms with Gasteiger partial charge in [-0.3, -0.25) is 0 Å². The molecule has 0 bridgehead atoms. The van der Waals surface area contributed by atoms with Crippen LogP contribution in [-0.4, -0.2) is 43.8 Å². The molecule has 3 unspecified atom stereocenters. The van der Waals surface area contributed by atoms with Crippen LogP contribution in [0.1, 0.15) is 38.5 Å². The second kappa shape index (κ2) is 5.99. The fourth-order valence-electron chi connectivity index (χ4n) is 3.28. The Bertz CT molecular complexity index is 204. The summed E-state index contributed by atoms with van der Waals surface area (Å²) in [7, 11) is 2.25. The van der Waals surface area contributed by atoms with Gasteiger partial charge in [0.25, 0.3) is 0 Å². The summed E-state index contributed by atoms with van der Waals surface area (Å²) in [6.07, 6.45) is 8.28. The third-order valence-corrected chi connectivity index (χ3v) is 4.25. The van der Waals surface area contributed by atoms with Crippen molar-refractivity contribution in [1.82, 2.24) is 4.90 Å². The smallest absolute Gasteiger partial charge is 0.0702 e. The predicted octanol–water partition coefficient (Wildman–Crippen LogP) is 1.61. The zero-order chi connectivity index (χ0) is 11.4. The lowest BCUT2D eigenvalue weighted by atomic mass is 10.0. The van der Waals surface area contributed by atoms with Crippen molar-refractivity contribution in [2.45, 2.75) is 50.7 Å². The van der Waals surface area contributed by atoms with Crippen molar-refractivity contribution >= 4 is 0 Å². The van der Waals surface area contributed by atoms with Crippen molar-refractivity contribution in [1.29, 1.82) is 0 Å². The maximum atomic E-state index is 5.84. The van der Waals surface area contributed by atoms with Gasteiger partial charge in [-0.25, -0.2) is 0 Å². The molecular weight excluding hydrogens is 200 g/mol. The van der Waals surface area contributed by atoms with Gasteiger partial charge in [0.15, 0.2) is 0 Å². The molecule has 0 aromatic rings. The quantitative estimate of drug-likeness (QED) is 0.791.